The molecule has 5 heteroatoms. The van der Waals surface area contributed by atoms with Gasteiger partial charge in [0.15, 0.2) is 0 Å². The second kappa shape index (κ2) is 8.48. The van der Waals surface area contributed by atoms with E-state index in [9.17, 15) is 0 Å². The Morgan fingerprint density at radius 1 is 1.50 bits per heavy atom. The molecule has 0 amide bonds. The van der Waals surface area contributed by atoms with Gasteiger partial charge in [-0.25, -0.2) is 0 Å². The van der Waals surface area contributed by atoms with Crippen LogP contribution in [0.5, 0.6) is 0 Å². The topological polar surface area (TPSA) is 15.3 Å². The molecule has 0 spiro atoms. The van der Waals surface area contributed by atoms with E-state index in [1.54, 1.807) is 11.3 Å². The van der Waals surface area contributed by atoms with Crippen LogP contribution in [-0.2, 0) is 6.54 Å². The van der Waals surface area contributed by atoms with Crippen LogP contribution in [0, 0.1) is 0 Å². The van der Waals surface area contributed by atoms with Gasteiger partial charge in [0, 0.05) is 33.9 Å². The van der Waals surface area contributed by atoms with Gasteiger partial charge < -0.3 is 10.2 Å². The number of nitrogens with zero attached hydrogens (tertiary/aromatic N) is 1. The Morgan fingerprint density at radius 2 is 2.19 bits per heavy atom. The molecule has 0 aliphatic rings. The molecule has 1 heterocycles. The lowest BCUT2D eigenvalue weighted by molar-refractivity contribution is 0.276. The normalized spacial score (nSPS) is 12.6. The van der Waals surface area contributed by atoms with Crippen molar-refractivity contribution < 1.29 is 0 Å². The smallest absolute Gasteiger partial charge is 0.0300 e. The van der Waals surface area contributed by atoms with Crippen LogP contribution in [0.3, 0.4) is 0 Å². The van der Waals surface area contributed by atoms with Gasteiger partial charge in [-0.3, -0.25) is 0 Å². The van der Waals surface area contributed by atoms with Gasteiger partial charge in [-0.15, -0.1) is 23.7 Å². The lowest BCUT2D eigenvalue weighted by Gasteiger charge is -2.22. The molecule has 0 saturated heterocycles. The number of thiophene rings is 1. The number of rotatable bonds is 6. The molecule has 0 saturated carbocycles. The second-order valence-corrected chi connectivity index (χ2v) is 5.80. The first-order valence-corrected chi connectivity index (χ1v) is 6.90. The van der Waals surface area contributed by atoms with Crippen molar-refractivity contribution in [2.75, 3.05) is 20.6 Å². The molecule has 16 heavy (non-hydrogen) atoms. The van der Waals surface area contributed by atoms with Gasteiger partial charge in [-0.2, -0.15) is 0 Å². The maximum Gasteiger partial charge on any atom is 0.0300 e. The largest absolute Gasteiger partial charge is 0.310 e. The molecular weight excluding hydrogens is 308 g/mol. The summed E-state index contributed by atoms with van der Waals surface area (Å²) in [5.74, 6) is 0. The summed E-state index contributed by atoms with van der Waals surface area (Å²) in [5, 5.41) is 5.62. The van der Waals surface area contributed by atoms with Crippen molar-refractivity contribution in [3.05, 3.63) is 20.8 Å². The van der Waals surface area contributed by atoms with Crippen LogP contribution in [-0.4, -0.2) is 31.6 Å². The summed E-state index contributed by atoms with van der Waals surface area (Å²) in [6, 6.07) is 2.81. The zero-order valence-corrected chi connectivity index (χ0v) is 13.2. The van der Waals surface area contributed by atoms with Gasteiger partial charge in [0.25, 0.3) is 0 Å². The third-order valence-electron chi connectivity index (χ3n) is 2.50. The van der Waals surface area contributed by atoms with Crippen LogP contribution in [0.25, 0.3) is 0 Å². The fraction of sp³-hybridized carbons (Fsp3) is 0.636. The van der Waals surface area contributed by atoms with Crippen LogP contribution in [0.4, 0.5) is 0 Å². The monoisotopic (exact) mass is 326 g/mol. The van der Waals surface area contributed by atoms with Crippen molar-refractivity contribution >= 4 is 39.7 Å². The van der Waals surface area contributed by atoms with Crippen LogP contribution in [0.1, 0.15) is 18.2 Å². The molecule has 0 aliphatic heterocycles. The number of hydrogen-bond donors (Lipinski definition) is 1. The van der Waals surface area contributed by atoms with Gasteiger partial charge in [0.1, 0.15) is 0 Å². The average Bonchev–Trinajstić information content (AvgIpc) is 2.58. The first-order valence-electron chi connectivity index (χ1n) is 5.23. The molecule has 1 atom stereocenters. The van der Waals surface area contributed by atoms with Crippen LogP contribution < -0.4 is 5.32 Å². The van der Waals surface area contributed by atoms with Gasteiger partial charge in [0.05, 0.1) is 0 Å². The van der Waals surface area contributed by atoms with Gasteiger partial charge in [0.2, 0.25) is 0 Å². The first-order chi connectivity index (χ1) is 7.13. The molecule has 1 unspecified atom stereocenters. The molecule has 1 N–H and O–H groups in total. The summed E-state index contributed by atoms with van der Waals surface area (Å²) in [6.45, 7) is 4.26. The van der Waals surface area contributed by atoms with E-state index in [1.807, 2.05) is 0 Å². The van der Waals surface area contributed by atoms with Gasteiger partial charge in [-0.05, 0) is 42.5 Å². The number of nitrogens with one attached hydrogen (secondary N) is 1. The van der Waals surface area contributed by atoms with Crippen molar-refractivity contribution in [2.24, 2.45) is 0 Å². The van der Waals surface area contributed by atoms with Crippen LogP contribution in [0.2, 0.25) is 0 Å². The van der Waals surface area contributed by atoms with E-state index in [0.29, 0.717) is 6.04 Å². The lowest BCUT2D eigenvalue weighted by atomic mass is 10.2. The SMILES string of the molecule is CCC(CNCc1cc(Br)cs1)N(C)C.Cl. The molecule has 0 fully saturated rings. The first kappa shape index (κ1) is 16.4. The molecule has 1 aromatic heterocycles. The Balaban J connectivity index is 0.00000225. The van der Waals surface area contributed by atoms with Gasteiger partial charge in [-0.1, -0.05) is 6.92 Å². The molecule has 0 bridgehead atoms. The molecule has 1 aromatic rings. The van der Waals surface area contributed by atoms with Crippen molar-refractivity contribution in [2.45, 2.75) is 25.9 Å². The van der Waals surface area contributed by atoms with E-state index < -0.39 is 0 Å². The third-order valence-corrected chi connectivity index (χ3v) is 4.20. The van der Waals surface area contributed by atoms with E-state index in [2.05, 4.69) is 58.6 Å². The van der Waals surface area contributed by atoms with Crippen molar-refractivity contribution in [3.63, 3.8) is 0 Å². The number of likely N-dealkylation sites (N-methyl/N-ethyl adjacent to an activating group) is 1. The predicted molar refractivity (Wildman–Crippen MR) is 78.7 cm³/mol. The molecule has 0 radical (unpaired) electrons. The molecule has 0 aromatic carbocycles. The quantitative estimate of drug-likeness (QED) is 0.862. The molecule has 2 nitrogen and oxygen atoms in total. The highest BCUT2D eigenvalue weighted by Crippen LogP contribution is 2.19. The Labute approximate surface area is 117 Å². The highest BCUT2D eigenvalue weighted by molar-refractivity contribution is 9.10. The number of hydrogen-bond acceptors (Lipinski definition) is 3. The lowest BCUT2D eigenvalue weighted by Crippen LogP contribution is -2.36. The van der Waals surface area contributed by atoms with E-state index in [-0.39, 0.29) is 12.4 Å². The van der Waals surface area contributed by atoms with Crippen LogP contribution in [0.15, 0.2) is 15.9 Å². The molecule has 1 rings (SSSR count). The minimum atomic E-state index is 0. The Kier molecular flexibility index (Phi) is 8.68. The molecular formula is C11H20BrClN2S. The molecule has 94 valence electrons. The summed E-state index contributed by atoms with van der Waals surface area (Å²) < 4.78 is 1.18. The van der Waals surface area contributed by atoms with Crippen LogP contribution >= 0.6 is 39.7 Å². The fourth-order valence-electron chi connectivity index (χ4n) is 1.50. The van der Waals surface area contributed by atoms with Gasteiger partial charge >= 0.3 is 0 Å². The Bertz CT molecular complexity index is 291. The average molecular weight is 328 g/mol. The van der Waals surface area contributed by atoms with E-state index in [0.717, 1.165) is 13.1 Å². The highest BCUT2D eigenvalue weighted by Gasteiger charge is 2.07. The summed E-state index contributed by atoms with van der Waals surface area (Å²) in [5.41, 5.74) is 0. The summed E-state index contributed by atoms with van der Waals surface area (Å²) in [4.78, 5) is 3.66. The third kappa shape index (κ3) is 5.64. The summed E-state index contributed by atoms with van der Waals surface area (Å²) in [6.07, 6.45) is 1.19. The zero-order valence-electron chi connectivity index (χ0n) is 10.00. The van der Waals surface area contributed by atoms with E-state index >= 15 is 0 Å². The summed E-state index contributed by atoms with van der Waals surface area (Å²) in [7, 11) is 4.27. The fourth-order valence-corrected chi connectivity index (χ4v) is 2.92. The minimum Gasteiger partial charge on any atom is -0.310 e. The minimum absolute atomic E-state index is 0. The summed E-state index contributed by atoms with van der Waals surface area (Å²) >= 11 is 5.26. The Hall–Kier alpha value is 0.390. The van der Waals surface area contributed by atoms with Crippen molar-refractivity contribution in [3.8, 4) is 0 Å². The van der Waals surface area contributed by atoms with E-state index in [4.69, 9.17) is 0 Å². The molecule has 0 aliphatic carbocycles. The second-order valence-electron chi connectivity index (χ2n) is 3.89. The maximum absolute atomic E-state index is 3.50. The highest BCUT2D eigenvalue weighted by atomic mass is 79.9. The van der Waals surface area contributed by atoms with Crippen molar-refractivity contribution in [1.82, 2.24) is 10.2 Å². The standard InChI is InChI=1S/C11H19BrN2S.ClH/c1-4-10(14(2)3)6-13-7-11-5-9(12)8-15-11;/h5,8,10,13H,4,6-7H2,1-3H3;1H. The maximum atomic E-state index is 3.50. The van der Waals surface area contributed by atoms with Crippen molar-refractivity contribution in [1.29, 1.82) is 0 Å². The number of halogens is 2. The Morgan fingerprint density at radius 3 is 2.62 bits per heavy atom. The van der Waals surface area contributed by atoms with E-state index in [1.165, 1.54) is 15.8 Å². The predicted octanol–water partition coefficient (Wildman–Crippen LogP) is 3.36. The zero-order chi connectivity index (χ0) is 11.3.